The average molecular weight is 253 g/mol. The molecule has 0 N–H and O–H groups in total. The van der Waals surface area contributed by atoms with Gasteiger partial charge in [0.15, 0.2) is 0 Å². The Morgan fingerprint density at radius 3 is 2.76 bits per heavy atom. The molecule has 0 fully saturated rings. The largest absolute Gasteiger partial charge is 0.259 e. The minimum Gasteiger partial charge on any atom is -0.259 e. The van der Waals surface area contributed by atoms with E-state index in [1.165, 1.54) is 6.07 Å². The topological polar surface area (TPSA) is 40.9 Å². The fourth-order valence-corrected chi connectivity index (χ4v) is 2.74. The first-order valence-electron chi connectivity index (χ1n) is 5.71. The lowest BCUT2D eigenvalue weighted by Crippen LogP contribution is -2.03. The molecule has 2 nitrogen and oxygen atoms in total. The second-order valence-electron chi connectivity index (χ2n) is 3.91. The quantitative estimate of drug-likeness (QED) is 0.731. The molecule has 0 amide bonds. The van der Waals surface area contributed by atoms with Gasteiger partial charge in [-0.2, -0.15) is 5.26 Å². The van der Waals surface area contributed by atoms with Crippen LogP contribution in [0.15, 0.2) is 18.2 Å². The van der Waals surface area contributed by atoms with E-state index in [0.717, 1.165) is 19.3 Å². The lowest BCUT2D eigenvalue weighted by molar-refractivity contribution is 0.614. The van der Waals surface area contributed by atoms with E-state index in [-0.39, 0.29) is 5.75 Å². The summed E-state index contributed by atoms with van der Waals surface area (Å²) in [6, 6.07) is 6.17. The Balaban J connectivity index is 2.57. The Labute approximate surface area is 104 Å². The van der Waals surface area contributed by atoms with E-state index in [1.807, 2.05) is 6.07 Å². The second-order valence-corrected chi connectivity index (χ2v) is 5.49. The predicted molar refractivity (Wildman–Crippen MR) is 67.4 cm³/mol. The van der Waals surface area contributed by atoms with Crippen LogP contribution in [0, 0.1) is 17.1 Å². The molecule has 1 aromatic carbocycles. The van der Waals surface area contributed by atoms with Crippen LogP contribution < -0.4 is 0 Å². The Morgan fingerprint density at radius 1 is 1.41 bits per heavy atom. The predicted octanol–water partition coefficient (Wildman–Crippen LogP) is 3.14. The first-order chi connectivity index (χ1) is 8.17. The summed E-state index contributed by atoms with van der Waals surface area (Å²) in [5.74, 6) is 0.419. The maximum absolute atomic E-state index is 13.5. The molecule has 4 heteroatoms. The van der Waals surface area contributed by atoms with E-state index in [4.69, 9.17) is 5.26 Å². The maximum Gasteiger partial charge on any atom is 0.128 e. The molecule has 0 spiro atoms. The Hall–Kier alpha value is -1.21. The number of rotatable bonds is 6. The minimum absolute atomic E-state index is 0.237. The monoisotopic (exact) mass is 253 g/mol. The zero-order chi connectivity index (χ0) is 12.7. The number of nitriles is 1. The molecular weight excluding hydrogens is 237 g/mol. The van der Waals surface area contributed by atoms with Crippen molar-refractivity contribution in [2.24, 2.45) is 0 Å². The van der Waals surface area contributed by atoms with Crippen LogP contribution in [0.3, 0.4) is 0 Å². The Bertz CT molecular complexity index is 440. The van der Waals surface area contributed by atoms with E-state index in [2.05, 4.69) is 6.92 Å². The molecule has 1 aromatic rings. The fourth-order valence-electron chi connectivity index (χ4n) is 1.49. The number of hydrogen-bond acceptors (Lipinski definition) is 2. The van der Waals surface area contributed by atoms with Crippen molar-refractivity contribution >= 4 is 10.8 Å². The SMILES string of the molecule is CCCCCS(=O)Cc1ccc(C#N)cc1F. The minimum atomic E-state index is -1.01. The summed E-state index contributed by atoms with van der Waals surface area (Å²) in [7, 11) is -1.01. The highest BCUT2D eigenvalue weighted by atomic mass is 32.2. The summed E-state index contributed by atoms with van der Waals surface area (Å²) >= 11 is 0. The van der Waals surface area contributed by atoms with E-state index >= 15 is 0 Å². The van der Waals surface area contributed by atoms with Crippen LogP contribution >= 0.6 is 0 Å². The number of nitrogens with zero attached hydrogens (tertiary/aromatic N) is 1. The third-order valence-corrected chi connectivity index (χ3v) is 3.85. The van der Waals surface area contributed by atoms with Crippen molar-refractivity contribution in [2.75, 3.05) is 5.75 Å². The molecule has 0 saturated heterocycles. The first kappa shape index (κ1) is 13.9. The molecule has 1 rings (SSSR count). The van der Waals surface area contributed by atoms with Crippen molar-refractivity contribution in [1.29, 1.82) is 5.26 Å². The van der Waals surface area contributed by atoms with Gasteiger partial charge < -0.3 is 0 Å². The van der Waals surface area contributed by atoms with Gasteiger partial charge in [0.2, 0.25) is 0 Å². The summed E-state index contributed by atoms with van der Waals surface area (Å²) < 4.78 is 25.2. The third-order valence-electron chi connectivity index (χ3n) is 2.47. The molecule has 0 aliphatic heterocycles. The molecule has 0 radical (unpaired) electrons. The molecule has 0 heterocycles. The molecular formula is C13H16FNOS. The van der Waals surface area contributed by atoms with Crippen LogP contribution in [0.5, 0.6) is 0 Å². The van der Waals surface area contributed by atoms with Crippen molar-refractivity contribution in [2.45, 2.75) is 31.9 Å². The molecule has 0 bridgehead atoms. The van der Waals surface area contributed by atoms with Crippen LogP contribution in [0.2, 0.25) is 0 Å². The van der Waals surface area contributed by atoms with Crippen LogP contribution in [-0.2, 0) is 16.6 Å². The zero-order valence-electron chi connectivity index (χ0n) is 9.91. The van der Waals surface area contributed by atoms with Gasteiger partial charge in [0.1, 0.15) is 5.82 Å². The molecule has 1 atom stereocenters. The highest BCUT2D eigenvalue weighted by Crippen LogP contribution is 2.13. The first-order valence-corrected chi connectivity index (χ1v) is 7.19. The molecule has 92 valence electrons. The van der Waals surface area contributed by atoms with E-state index in [1.54, 1.807) is 12.1 Å². The van der Waals surface area contributed by atoms with Crippen molar-refractivity contribution in [1.82, 2.24) is 0 Å². The smallest absolute Gasteiger partial charge is 0.128 e. The van der Waals surface area contributed by atoms with E-state index in [0.29, 0.717) is 16.9 Å². The van der Waals surface area contributed by atoms with Crippen LogP contribution in [0.4, 0.5) is 4.39 Å². The summed E-state index contributed by atoms with van der Waals surface area (Å²) in [6.45, 7) is 2.09. The summed E-state index contributed by atoms with van der Waals surface area (Å²) in [5, 5.41) is 8.60. The normalized spacial score (nSPS) is 12.1. The van der Waals surface area contributed by atoms with Gasteiger partial charge in [-0.25, -0.2) is 4.39 Å². The standard InChI is InChI=1S/C13H16FNOS/c1-2-3-4-7-17(16)10-12-6-5-11(9-15)8-13(12)14/h5-6,8H,2-4,7,10H2,1H3. The number of halogens is 1. The van der Waals surface area contributed by atoms with Gasteiger partial charge in [0.05, 0.1) is 17.4 Å². The van der Waals surface area contributed by atoms with E-state index < -0.39 is 16.6 Å². The van der Waals surface area contributed by atoms with Crippen LogP contribution in [-0.4, -0.2) is 9.96 Å². The van der Waals surface area contributed by atoms with Gasteiger partial charge in [-0.15, -0.1) is 0 Å². The molecule has 0 saturated carbocycles. The Morgan fingerprint density at radius 2 is 2.18 bits per heavy atom. The van der Waals surface area contributed by atoms with Gasteiger partial charge >= 0.3 is 0 Å². The summed E-state index contributed by atoms with van der Waals surface area (Å²) in [4.78, 5) is 0. The van der Waals surface area contributed by atoms with Gasteiger partial charge in [0, 0.05) is 22.1 Å². The van der Waals surface area contributed by atoms with Crippen molar-refractivity contribution in [3.63, 3.8) is 0 Å². The lowest BCUT2D eigenvalue weighted by Gasteiger charge is -2.04. The fraction of sp³-hybridized carbons (Fsp3) is 0.462. The molecule has 17 heavy (non-hydrogen) atoms. The average Bonchev–Trinajstić information content (AvgIpc) is 2.32. The van der Waals surface area contributed by atoms with Gasteiger partial charge in [-0.3, -0.25) is 4.21 Å². The number of hydrogen-bond donors (Lipinski definition) is 0. The maximum atomic E-state index is 13.5. The number of benzene rings is 1. The van der Waals surface area contributed by atoms with Crippen molar-refractivity contribution < 1.29 is 8.60 Å². The van der Waals surface area contributed by atoms with Crippen LogP contribution in [0.1, 0.15) is 37.3 Å². The molecule has 1 unspecified atom stereocenters. The number of unbranched alkanes of at least 4 members (excludes halogenated alkanes) is 2. The lowest BCUT2D eigenvalue weighted by atomic mass is 10.1. The van der Waals surface area contributed by atoms with Gasteiger partial charge in [0.25, 0.3) is 0 Å². The summed E-state index contributed by atoms with van der Waals surface area (Å²) in [5.41, 5.74) is 0.724. The summed E-state index contributed by atoms with van der Waals surface area (Å²) in [6.07, 6.45) is 3.06. The van der Waals surface area contributed by atoms with Gasteiger partial charge in [-0.1, -0.05) is 25.8 Å². The van der Waals surface area contributed by atoms with Crippen LogP contribution in [0.25, 0.3) is 0 Å². The zero-order valence-corrected chi connectivity index (χ0v) is 10.7. The van der Waals surface area contributed by atoms with Gasteiger partial charge in [-0.05, 0) is 18.6 Å². The highest BCUT2D eigenvalue weighted by molar-refractivity contribution is 7.84. The molecule has 0 aliphatic carbocycles. The van der Waals surface area contributed by atoms with Crippen molar-refractivity contribution in [3.8, 4) is 6.07 Å². The Kier molecular flexibility index (Phi) is 5.85. The molecule has 0 aromatic heterocycles. The van der Waals surface area contributed by atoms with E-state index in [9.17, 15) is 8.60 Å². The second kappa shape index (κ2) is 7.18. The highest BCUT2D eigenvalue weighted by Gasteiger charge is 2.07. The van der Waals surface area contributed by atoms with Crippen molar-refractivity contribution in [3.05, 3.63) is 35.1 Å². The third kappa shape index (κ3) is 4.66. The molecule has 0 aliphatic rings.